The smallest absolute Gasteiger partial charge is 0.261 e. The van der Waals surface area contributed by atoms with Crippen molar-refractivity contribution in [3.63, 3.8) is 0 Å². The largest absolute Gasteiger partial charge is 0.337 e. The van der Waals surface area contributed by atoms with E-state index in [0.717, 1.165) is 19.3 Å². The van der Waals surface area contributed by atoms with E-state index >= 15 is 0 Å². The fourth-order valence-corrected chi connectivity index (χ4v) is 4.41. The summed E-state index contributed by atoms with van der Waals surface area (Å²) >= 11 is 12.1. The maximum absolute atomic E-state index is 12.9. The molecule has 2 aromatic carbocycles. The van der Waals surface area contributed by atoms with Crippen molar-refractivity contribution in [3.05, 3.63) is 74.3 Å². The summed E-state index contributed by atoms with van der Waals surface area (Å²) in [6.07, 6.45) is 4.35. The molecule has 1 heterocycles. The Balaban J connectivity index is 1.62. The number of halogens is 2. The van der Waals surface area contributed by atoms with Crippen LogP contribution in [-0.2, 0) is 17.8 Å². The van der Waals surface area contributed by atoms with Crippen LogP contribution in [0.3, 0.4) is 0 Å². The lowest BCUT2D eigenvalue weighted by atomic mass is 9.87. The summed E-state index contributed by atoms with van der Waals surface area (Å²) in [6, 6.07) is 11.3. The first-order chi connectivity index (χ1) is 13.5. The van der Waals surface area contributed by atoms with Gasteiger partial charge in [0, 0.05) is 12.1 Å². The normalized spacial score (nSPS) is 16.0. The van der Waals surface area contributed by atoms with Crippen molar-refractivity contribution in [3.8, 4) is 0 Å². The molecule has 5 nitrogen and oxygen atoms in total. The molecule has 0 bridgehead atoms. The average molecular weight is 416 g/mol. The Labute approximate surface area is 172 Å². The third-order valence-electron chi connectivity index (χ3n) is 5.35. The number of amides is 1. The summed E-state index contributed by atoms with van der Waals surface area (Å²) < 4.78 is 1.31. The Bertz CT molecular complexity index is 1130. The number of aromatic nitrogens is 2. The second-order valence-corrected chi connectivity index (χ2v) is 7.92. The molecule has 1 unspecified atom stereocenters. The number of nitrogens with zero attached hydrogens (tertiary/aromatic N) is 3. The van der Waals surface area contributed by atoms with Crippen LogP contribution in [0.5, 0.6) is 0 Å². The number of likely N-dealkylation sites (N-methyl/N-ethyl adjacent to an activating group) is 1. The molecule has 0 saturated heterocycles. The lowest BCUT2D eigenvalue weighted by Gasteiger charge is -2.33. The zero-order valence-electron chi connectivity index (χ0n) is 15.4. The van der Waals surface area contributed by atoms with Gasteiger partial charge in [0.1, 0.15) is 6.54 Å². The summed E-state index contributed by atoms with van der Waals surface area (Å²) in [5, 5.41) is 0.976. The van der Waals surface area contributed by atoms with Gasteiger partial charge in [-0.15, -0.1) is 0 Å². The summed E-state index contributed by atoms with van der Waals surface area (Å²) in [7, 11) is 1.79. The van der Waals surface area contributed by atoms with Gasteiger partial charge in [-0.2, -0.15) is 0 Å². The van der Waals surface area contributed by atoms with Crippen LogP contribution in [-0.4, -0.2) is 27.4 Å². The Morgan fingerprint density at radius 3 is 2.89 bits per heavy atom. The molecule has 0 N–H and O–H groups in total. The van der Waals surface area contributed by atoms with Crippen molar-refractivity contribution < 1.29 is 4.79 Å². The van der Waals surface area contributed by atoms with Gasteiger partial charge in [0.05, 0.1) is 28.3 Å². The first kappa shape index (κ1) is 19.0. The molecule has 0 aliphatic heterocycles. The highest BCUT2D eigenvalue weighted by atomic mass is 35.5. The molecule has 0 radical (unpaired) electrons. The van der Waals surface area contributed by atoms with E-state index in [9.17, 15) is 9.59 Å². The van der Waals surface area contributed by atoms with E-state index in [4.69, 9.17) is 23.2 Å². The van der Waals surface area contributed by atoms with Gasteiger partial charge in [-0.05, 0) is 42.5 Å². The minimum Gasteiger partial charge on any atom is -0.337 e. The van der Waals surface area contributed by atoms with Crippen LogP contribution in [0, 0.1) is 0 Å². The van der Waals surface area contributed by atoms with Crippen LogP contribution in [0.2, 0.25) is 10.0 Å². The third kappa shape index (κ3) is 3.40. The van der Waals surface area contributed by atoms with Gasteiger partial charge in [0.2, 0.25) is 5.91 Å². The van der Waals surface area contributed by atoms with Crippen molar-refractivity contribution in [2.45, 2.75) is 31.8 Å². The Kier molecular flexibility index (Phi) is 5.13. The van der Waals surface area contributed by atoms with E-state index < -0.39 is 0 Å². The topological polar surface area (TPSA) is 55.2 Å². The number of hydrogen-bond donors (Lipinski definition) is 0. The molecule has 3 aromatic rings. The molecule has 1 aliphatic rings. The SMILES string of the molecule is CN(C(=O)Cn1cnc2c(Cl)cc(Cl)cc2c1=O)C1CCCc2ccccc21. The van der Waals surface area contributed by atoms with Crippen LogP contribution >= 0.6 is 23.2 Å². The van der Waals surface area contributed by atoms with Gasteiger partial charge in [-0.3, -0.25) is 14.2 Å². The standard InChI is InChI=1S/C21H19Cl2N3O2/c1-25(18-8-4-6-13-5-2-3-7-15(13)18)19(27)11-26-12-24-20-16(21(26)28)9-14(22)10-17(20)23/h2-3,5,7,9-10,12,18H,4,6,8,11H2,1H3. The molecule has 0 spiro atoms. The quantitative estimate of drug-likeness (QED) is 0.642. The van der Waals surface area contributed by atoms with Gasteiger partial charge in [0.15, 0.2) is 0 Å². The van der Waals surface area contributed by atoms with E-state index in [1.165, 1.54) is 28.1 Å². The minimum atomic E-state index is -0.333. The fraction of sp³-hybridized carbons (Fsp3) is 0.286. The lowest BCUT2D eigenvalue weighted by molar-refractivity contribution is -0.133. The predicted molar refractivity (Wildman–Crippen MR) is 111 cm³/mol. The molecule has 1 atom stereocenters. The zero-order valence-corrected chi connectivity index (χ0v) is 16.9. The maximum Gasteiger partial charge on any atom is 0.261 e. The van der Waals surface area contributed by atoms with Gasteiger partial charge in [-0.1, -0.05) is 47.5 Å². The summed E-state index contributed by atoms with van der Waals surface area (Å²) in [5.74, 6) is -0.141. The molecule has 0 fully saturated rings. The summed E-state index contributed by atoms with van der Waals surface area (Å²) in [5.41, 5.74) is 2.52. The van der Waals surface area contributed by atoms with Crippen molar-refractivity contribution >= 4 is 40.0 Å². The van der Waals surface area contributed by atoms with Crippen LogP contribution in [0.25, 0.3) is 10.9 Å². The fourth-order valence-electron chi connectivity index (χ4n) is 3.87. The number of carbonyl (C=O) groups excluding carboxylic acids is 1. The van der Waals surface area contributed by atoms with E-state index in [2.05, 4.69) is 17.1 Å². The number of rotatable bonds is 3. The molecule has 4 rings (SSSR count). The predicted octanol–water partition coefficient (Wildman–Crippen LogP) is 4.24. The maximum atomic E-state index is 12.9. The van der Waals surface area contributed by atoms with E-state index in [1.807, 2.05) is 12.1 Å². The van der Waals surface area contributed by atoms with Crippen molar-refractivity contribution in [2.24, 2.45) is 0 Å². The Morgan fingerprint density at radius 1 is 1.29 bits per heavy atom. The molecule has 0 saturated carbocycles. The number of hydrogen-bond acceptors (Lipinski definition) is 3. The molecular weight excluding hydrogens is 397 g/mol. The minimum absolute atomic E-state index is 0.0189. The van der Waals surface area contributed by atoms with Gasteiger partial charge in [0.25, 0.3) is 5.56 Å². The van der Waals surface area contributed by atoms with Gasteiger partial charge >= 0.3 is 0 Å². The Hall–Kier alpha value is -2.37. The molecular formula is C21H19Cl2N3O2. The number of carbonyl (C=O) groups is 1. The monoisotopic (exact) mass is 415 g/mol. The number of aryl methyl sites for hydroxylation is 1. The molecule has 144 valence electrons. The average Bonchev–Trinajstić information content (AvgIpc) is 2.69. The first-order valence-electron chi connectivity index (χ1n) is 9.13. The van der Waals surface area contributed by atoms with Gasteiger partial charge in [-0.25, -0.2) is 4.98 Å². The second-order valence-electron chi connectivity index (χ2n) is 7.07. The molecule has 7 heteroatoms. The van der Waals surface area contributed by atoms with Crippen LogP contribution in [0.4, 0.5) is 0 Å². The van der Waals surface area contributed by atoms with Crippen molar-refractivity contribution in [1.82, 2.24) is 14.5 Å². The number of benzene rings is 2. The summed E-state index contributed by atoms with van der Waals surface area (Å²) in [4.78, 5) is 31.7. The Morgan fingerprint density at radius 2 is 2.07 bits per heavy atom. The van der Waals surface area contributed by atoms with E-state index in [-0.39, 0.29) is 24.1 Å². The van der Waals surface area contributed by atoms with Crippen molar-refractivity contribution in [1.29, 1.82) is 0 Å². The van der Waals surface area contributed by atoms with Crippen molar-refractivity contribution in [2.75, 3.05) is 7.05 Å². The molecule has 1 amide bonds. The van der Waals surface area contributed by atoms with Crippen LogP contribution in [0.15, 0.2) is 47.5 Å². The van der Waals surface area contributed by atoms with Crippen LogP contribution < -0.4 is 5.56 Å². The third-order valence-corrected chi connectivity index (χ3v) is 5.86. The van der Waals surface area contributed by atoms with Crippen LogP contribution in [0.1, 0.15) is 30.0 Å². The van der Waals surface area contributed by atoms with E-state index in [0.29, 0.717) is 20.9 Å². The summed E-state index contributed by atoms with van der Waals surface area (Å²) in [6.45, 7) is -0.0823. The molecule has 1 aromatic heterocycles. The molecule has 1 aliphatic carbocycles. The van der Waals surface area contributed by atoms with Gasteiger partial charge < -0.3 is 4.90 Å². The molecule has 28 heavy (non-hydrogen) atoms. The second kappa shape index (κ2) is 7.57. The van der Waals surface area contributed by atoms with E-state index in [1.54, 1.807) is 18.0 Å². The highest BCUT2D eigenvalue weighted by Gasteiger charge is 2.26. The zero-order chi connectivity index (χ0) is 19.8. The number of fused-ring (bicyclic) bond motifs is 2. The highest BCUT2D eigenvalue weighted by Crippen LogP contribution is 2.33. The highest BCUT2D eigenvalue weighted by molar-refractivity contribution is 6.38. The lowest BCUT2D eigenvalue weighted by Crippen LogP contribution is -2.37. The first-order valence-corrected chi connectivity index (χ1v) is 9.89.